The Labute approximate surface area is 58.7 Å². The first-order valence-corrected chi connectivity index (χ1v) is 2.50. The third kappa shape index (κ3) is 1.83. The fourth-order valence-corrected chi connectivity index (χ4v) is 0.509. The predicted molar refractivity (Wildman–Crippen MR) is 37.8 cm³/mol. The molecule has 1 aromatic heterocycles. The summed E-state index contributed by atoms with van der Waals surface area (Å²) in [6.45, 7) is 0. The number of carbonyl (C=O) groups is 1. The van der Waals surface area contributed by atoms with E-state index in [1.807, 2.05) is 0 Å². The van der Waals surface area contributed by atoms with Crippen molar-refractivity contribution in [3.8, 4) is 0 Å². The Hall–Kier alpha value is -1.42. The number of primary amides is 1. The molecule has 0 aliphatic heterocycles. The molecule has 4 heteroatoms. The van der Waals surface area contributed by atoms with Crippen LogP contribution in [0, 0.1) is 0 Å². The molecule has 0 aliphatic rings. The molecule has 0 spiro atoms. The molecule has 4 nitrogen and oxygen atoms in total. The van der Waals surface area contributed by atoms with Gasteiger partial charge in [0.25, 0.3) is 0 Å². The van der Waals surface area contributed by atoms with E-state index >= 15 is 0 Å². The van der Waals surface area contributed by atoms with Crippen LogP contribution in [0.25, 0.3) is 0 Å². The van der Waals surface area contributed by atoms with E-state index in [0.29, 0.717) is 5.56 Å². The summed E-state index contributed by atoms with van der Waals surface area (Å²) in [7, 11) is 0. The molecule has 0 saturated carbocycles. The lowest BCUT2D eigenvalue weighted by Gasteiger charge is -1.88. The van der Waals surface area contributed by atoms with Crippen LogP contribution < -0.4 is 11.9 Å². The maximum atomic E-state index is 10.4. The number of nitrogens with zero attached hydrogens (tertiary/aromatic N) is 1. The van der Waals surface area contributed by atoms with Crippen LogP contribution in [0.2, 0.25) is 0 Å². The maximum absolute atomic E-state index is 10.4. The standard InChI is InChI=1S/C6H6N2O.H3N/c7-6(9)5-2-1-3-8-4-5;/h1-4H,(H2,7,9);1H3. The highest BCUT2D eigenvalue weighted by Gasteiger charge is 1.94. The molecule has 0 radical (unpaired) electrons. The lowest BCUT2D eigenvalue weighted by Crippen LogP contribution is -2.10. The number of hydrogen-bond donors (Lipinski definition) is 2. The van der Waals surface area contributed by atoms with Crippen LogP contribution in [0.15, 0.2) is 24.5 Å². The van der Waals surface area contributed by atoms with Crippen molar-refractivity contribution in [3.05, 3.63) is 30.1 Å². The first-order valence-electron chi connectivity index (χ1n) is 2.50. The zero-order chi connectivity index (χ0) is 6.69. The van der Waals surface area contributed by atoms with Gasteiger partial charge in [-0.2, -0.15) is 0 Å². The molecule has 0 atom stereocenters. The average Bonchev–Trinajstić information content (AvgIpc) is 1.90. The number of amides is 1. The van der Waals surface area contributed by atoms with E-state index in [2.05, 4.69) is 4.98 Å². The van der Waals surface area contributed by atoms with Crippen molar-refractivity contribution in [2.24, 2.45) is 5.73 Å². The number of nitrogens with two attached hydrogens (primary N) is 1. The van der Waals surface area contributed by atoms with Gasteiger partial charge in [-0.1, -0.05) is 0 Å². The predicted octanol–water partition coefficient (Wildman–Crippen LogP) is 0.342. The molecule has 54 valence electrons. The van der Waals surface area contributed by atoms with Gasteiger partial charge < -0.3 is 11.9 Å². The van der Waals surface area contributed by atoms with Gasteiger partial charge in [0.1, 0.15) is 0 Å². The minimum Gasteiger partial charge on any atom is -0.366 e. The van der Waals surface area contributed by atoms with Crippen LogP contribution in [-0.4, -0.2) is 10.9 Å². The van der Waals surface area contributed by atoms with Gasteiger partial charge >= 0.3 is 0 Å². The van der Waals surface area contributed by atoms with Gasteiger partial charge in [-0.05, 0) is 12.1 Å². The van der Waals surface area contributed by atoms with Gasteiger partial charge in [-0.3, -0.25) is 9.78 Å². The van der Waals surface area contributed by atoms with Crippen molar-refractivity contribution in [3.63, 3.8) is 0 Å². The van der Waals surface area contributed by atoms with Gasteiger partial charge in [0, 0.05) is 12.4 Å². The number of rotatable bonds is 1. The van der Waals surface area contributed by atoms with Crippen molar-refractivity contribution in [2.45, 2.75) is 0 Å². The third-order valence-electron chi connectivity index (χ3n) is 0.946. The topological polar surface area (TPSA) is 91.0 Å². The highest BCUT2D eigenvalue weighted by atomic mass is 16.1. The molecule has 0 saturated heterocycles. The van der Waals surface area contributed by atoms with E-state index in [0.717, 1.165) is 0 Å². The normalized spacial score (nSPS) is 8.00. The Kier molecular flexibility index (Phi) is 3.07. The highest BCUT2D eigenvalue weighted by molar-refractivity contribution is 5.92. The first-order chi connectivity index (χ1) is 4.30. The molecule has 1 amide bonds. The fraction of sp³-hybridized carbons (Fsp3) is 0. The fourth-order valence-electron chi connectivity index (χ4n) is 0.509. The number of aromatic nitrogens is 1. The summed E-state index contributed by atoms with van der Waals surface area (Å²) in [4.78, 5) is 14.1. The summed E-state index contributed by atoms with van der Waals surface area (Å²) < 4.78 is 0. The van der Waals surface area contributed by atoms with Gasteiger partial charge in [-0.15, -0.1) is 0 Å². The lowest BCUT2D eigenvalue weighted by molar-refractivity contribution is 0.1000. The monoisotopic (exact) mass is 139 g/mol. The van der Waals surface area contributed by atoms with Crippen LogP contribution in [0.5, 0.6) is 0 Å². The molecule has 0 aromatic carbocycles. The summed E-state index contributed by atoms with van der Waals surface area (Å²) in [6, 6.07) is 3.29. The summed E-state index contributed by atoms with van der Waals surface area (Å²) in [5.41, 5.74) is 5.38. The summed E-state index contributed by atoms with van der Waals surface area (Å²) in [5, 5.41) is 0. The minimum atomic E-state index is -0.442. The molecule has 1 aromatic rings. The van der Waals surface area contributed by atoms with Crippen molar-refractivity contribution in [1.29, 1.82) is 0 Å². The Morgan fingerprint density at radius 1 is 1.60 bits per heavy atom. The van der Waals surface area contributed by atoms with Gasteiger partial charge in [0.15, 0.2) is 0 Å². The van der Waals surface area contributed by atoms with E-state index in [4.69, 9.17) is 5.73 Å². The largest absolute Gasteiger partial charge is 0.366 e. The second-order valence-electron chi connectivity index (χ2n) is 1.61. The molecule has 1 heterocycles. The Morgan fingerprint density at radius 2 is 2.30 bits per heavy atom. The van der Waals surface area contributed by atoms with Crippen LogP contribution in [0.4, 0.5) is 0 Å². The molecule has 5 N–H and O–H groups in total. The summed E-state index contributed by atoms with van der Waals surface area (Å²) >= 11 is 0. The summed E-state index contributed by atoms with van der Waals surface area (Å²) in [6.07, 6.45) is 3.02. The molecule has 10 heavy (non-hydrogen) atoms. The molecular formula is C6H9N3O. The van der Waals surface area contributed by atoms with Crippen molar-refractivity contribution in [2.75, 3.05) is 0 Å². The minimum absolute atomic E-state index is 0. The number of carbonyl (C=O) groups excluding carboxylic acids is 1. The number of pyridine rings is 1. The quantitative estimate of drug-likeness (QED) is 0.587. The van der Waals surface area contributed by atoms with Crippen LogP contribution >= 0.6 is 0 Å². The molecule has 0 fully saturated rings. The smallest absolute Gasteiger partial charge is 0.250 e. The molecule has 1 rings (SSSR count). The summed E-state index contributed by atoms with van der Waals surface area (Å²) in [5.74, 6) is -0.442. The second-order valence-corrected chi connectivity index (χ2v) is 1.61. The Balaban J connectivity index is 0.000000810. The maximum Gasteiger partial charge on any atom is 0.250 e. The Bertz CT molecular complexity index is 209. The van der Waals surface area contributed by atoms with Crippen molar-refractivity contribution in [1.82, 2.24) is 11.1 Å². The molecule has 0 unspecified atom stereocenters. The van der Waals surface area contributed by atoms with Gasteiger partial charge in [0.2, 0.25) is 5.91 Å². The third-order valence-corrected chi connectivity index (χ3v) is 0.946. The van der Waals surface area contributed by atoms with Crippen molar-refractivity contribution >= 4 is 5.91 Å². The SMILES string of the molecule is N.NC(=O)c1cccnc1. The van der Waals surface area contributed by atoms with E-state index in [1.165, 1.54) is 6.20 Å². The average molecular weight is 139 g/mol. The lowest BCUT2D eigenvalue weighted by atomic mass is 10.3. The van der Waals surface area contributed by atoms with Gasteiger partial charge in [0.05, 0.1) is 5.56 Å². The van der Waals surface area contributed by atoms with E-state index in [9.17, 15) is 4.79 Å². The molecule has 0 bridgehead atoms. The Morgan fingerprint density at radius 3 is 2.60 bits per heavy atom. The van der Waals surface area contributed by atoms with Crippen molar-refractivity contribution < 1.29 is 4.79 Å². The zero-order valence-corrected chi connectivity index (χ0v) is 5.45. The zero-order valence-electron chi connectivity index (χ0n) is 5.45. The van der Waals surface area contributed by atoms with E-state index < -0.39 is 5.91 Å². The van der Waals surface area contributed by atoms with E-state index in [-0.39, 0.29) is 6.15 Å². The van der Waals surface area contributed by atoms with Crippen LogP contribution in [0.1, 0.15) is 10.4 Å². The first kappa shape index (κ1) is 8.58. The number of hydrogen-bond acceptors (Lipinski definition) is 3. The van der Waals surface area contributed by atoms with Crippen LogP contribution in [-0.2, 0) is 0 Å². The van der Waals surface area contributed by atoms with E-state index in [1.54, 1.807) is 18.3 Å². The highest BCUT2D eigenvalue weighted by Crippen LogP contribution is 1.91. The van der Waals surface area contributed by atoms with Crippen LogP contribution in [0.3, 0.4) is 0 Å². The second kappa shape index (κ2) is 3.58. The van der Waals surface area contributed by atoms with Gasteiger partial charge in [-0.25, -0.2) is 0 Å². The molecule has 0 aliphatic carbocycles. The molecular weight excluding hydrogens is 130 g/mol.